The number of carboxylic acids is 1. The summed E-state index contributed by atoms with van der Waals surface area (Å²) in [7, 11) is 0. The third kappa shape index (κ3) is 3.20. The molecule has 0 aliphatic carbocycles. The molecule has 0 fully saturated rings. The molecule has 0 atom stereocenters. The summed E-state index contributed by atoms with van der Waals surface area (Å²) in [4.78, 5) is 22.7. The molecule has 0 saturated heterocycles. The summed E-state index contributed by atoms with van der Waals surface area (Å²) in [6, 6.07) is 5.72. The lowest BCUT2D eigenvalue weighted by atomic mass is 10.1. The maximum absolute atomic E-state index is 11.9. The van der Waals surface area contributed by atoms with E-state index in [9.17, 15) is 9.59 Å². The Bertz CT molecular complexity index is 530. The monoisotopic (exact) mass is 247 g/mol. The van der Waals surface area contributed by atoms with Gasteiger partial charge in [0.15, 0.2) is 0 Å². The molecule has 96 valence electrons. The van der Waals surface area contributed by atoms with Crippen LogP contribution in [0.2, 0.25) is 0 Å². The number of rotatable bonds is 3. The molecule has 0 unspecified atom stereocenters. The van der Waals surface area contributed by atoms with E-state index in [0.29, 0.717) is 5.69 Å². The molecular weight excluding hydrogens is 230 g/mol. The molecule has 0 aliphatic rings. The smallest absolute Gasteiger partial charge is 0.331 e. The van der Waals surface area contributed by atoms with Crippen molar-refractivity contribution >= 4 is 17.6 Å². The molecule has 0 radical (unpaired) electrons. The molecule has 1 aromatic carbocycles. The van der Waals surface area contributed by atoms with Crippen molar-refractivity contribution in [1.82, 2.24) is 0 Å². The van der Waals surface area contributed by atoms with Crippen LogP contribution in [0.25, 0.3) is 0 Å². The van der Waals surface area contributed by atoms with E-state index in [0.717, 1.165) is 11.1 Å². The van der Waals surface area contributed by atoms with E-state index >= 15 is 0 Å². The number of nitrogens with one attached hydrogen (secondary N) is 1. The first-order valence-electron chi connectivity index (χ1n) is 5.62. The first kappa shape index (κ1) is 14.0. The van der Waals surface area contributed by atoms with E-state index in [1.165, 1.54) is 13.8 Å². The Labute approximate surface area is 106 Å². The summed E-state index contributed by atoms with van der Waals surface area (Å²) >= 11 is 0. The second-order valence-corrected chi connectivity index (χ2v) is 4.33. The Morgan fingerprint density at radius 2 is 1.72 bits per heavy atom. The van der Waals surface area contributed by atoms with Crippen LogP contribution in [0, 0.1) is 13.8 Å². The van der Waals surface area contributed by atoms with Crippen molar-refractivity contribution in [2.24, 2.45) is 0 Å². The lowest BCUT2D eigenvalue weighted by molar-refractivity contribution is -0.133. The quantitative estimate of drug-likeness (QED) is 0.807. The fourth-order valence-corrected chi connectivity index (χ4v) is 1.42. The van der Waals surface area contributed by atoms with Crippen molar-refractivity contribution < 1.29 is 14.7 Å². The van der Waals surface area contributed by atoms with Crippen LogP contribution in [-0.4, -0.2) is 17.0 Å². The van der Waals surface area contributed by atoms with Gasteiger partial charge in [-0.2, -0.15) is 0 Å². The number of amides is 1. The molecule has 0 aliphatic heterocycles. The molecule has 0 bridgehead atoms. The van der Waals surface area contributed by atoms with Gasteiger partial charge >= 0.3 is 5.97 Å². The Morgan fingerprint density at radius 1 is 1.11 bits per heavy atom. The zero-order valence-corrected chi connectivity index (χ0v) is 11.0. The number of aryl methyl sites for hydroxylation is 2. The molecular formula is C14H17NO3. The lowest BCUT2D eigenvalue weighted by Crippen LogP contribution is -2.16. The van der Waals surface area contributed by atoms with Gasteiger partial charge in [0.2, 0.25) is 0 Å². The Morgan fingerprint density at radius 3 is 2.28 bits per heavy atom. The number of carbonyl (C=O) groups is 2. The molecule has 1 rings (SSSR count). The van der Waals surface area contributed by atoms with Crippen molar-refractivity contribution in [2.45, 2.75) is 27.7 Å². The van der Waals surface area contributed by atoms with Gasteiger partial charge in [0.25, 0.3) is 5.91 Å². The Balaban J connectivity index is 2.98. The van der Waals surface area contributed by atoms with E-state index in [1.807, 2.05) is 32.0 Å². The zero-order valence-electron chi connectivity index (χ0n) is 11.0. The number of carbonyl (C=O) groups excluding carboxylic acids is 1. The van der Waals surface area contributed by atoms with Crippen LogP contribution in [0.5, 0.6) is 0 Å². The molecule has 2 N–H and O–H groups in total. The van der Waals surface area contributed by atoms with Gasteiger partial charge < -0.3 is 10.4 Å². The molecule has 0 heterocycles. The topological polar surface area (TPSA) is 66.4 Å². The summed E-state index contributed by atoms with van der Waals surface area (Å²) in [5.41, 5.74) is 2.95. The number of carboxylic acid groups (broad SMARTS) is 1. The van der Waals surface area contributed by atoms with Gasteiger partial charge in [-0.3, -0.25) is 4.79 Å². The number of anilines is 1. The minimum absolute atomic E-state index is 0.0535. The number of hydrogen-bond donors (Lipinski definition) is 2. The molecule has 0 aromatic heterocycles. The number of benzene rings is 1. The normalized spacial score (nSPS) is 11.8. The molecule has 4 heteroatoms. The maximum atomic E-state index is 11.9. The SMILES string of the molecule is C/C(C(=O)O)=C(\C)C(=O)Nc1cc(C)ccc1C. The largest absolute Gasteiger partial charge is 0.478 e. The Kier molecular flexibility index (Phi) is 4.26. The second kappa shape index (κ2) is 5.49. The maximum Gasteiger partial charge on any atom is 0.331 e. The molecule has 0 spiro atoms. The van der Waals surface area contributed by atoms with Crippen LogP contribution in [0.3, 0.4) is 0 Å². The number of aliphatic carboxylic acids is 1. The van der Waals surface area contributed by atoms with Gasteiger partial charge in [0, 0.05) is 16.8 Å². The highest BCUT2D eigenvalue weighted by Crippen LogP contribution is 2.17. The van der Waals surface area contributed by atoms with Gasteiger partial charge in [-0.1, -0.05) is 12.1 Å². The van der Waals surface area contributed by atoms with Gasteiger partial charge in [0.05, 0.1) is 0 Å². The predicted molar refractivity (Wildman–Crippen MR) is 70.6 cm³/mol. The summed E-state index contributed by atoms with van der Waals surface area (Å²) in [6.45, 7) is 6.74. The van der Waals surface area contributed by atoms with E-state index in [1.54, 1.807) is 0 Å². The fourth-order valence-electron chi connectivity index (χ4n) is 1.42. The van der Waals surface area contributed by atoms with Gasteiger partial charge in [-0.05, 0) is 44.9 Å². The molecule has 18 heavy (non-hydrogen) atoms. The van der Waals surface area contributed by atoms with Crippen LogP contribution in [-0.2, 0) is 9.59 Å². The van der Waals surface area contributed by atoms with Crippen molar-refractivity contribution in [1.29, 1.82) is 0 Å². The molecule has 1 amide bonds. The van der Waals surface area contributed by atoms with Crippen LogP contribution < -0.4 is 5.32 Å². The van der Waals surface area contributed by atoms with E-state index in [2.05, 4.69) is 5.32 Å². The van der Waals surface area contributed by atoms with E-state index in [-0.39, 0.29) is 17.1 Å². The van der Waals surface area contributed by atoms with E-state index < -0.39 is 5.97 Å². The van der Waals surface area contributed by atoms with Crippen LogP contribution in [0.4, 0.5) is 5.69 Å². The van der Waals surface area contributed by atoms with Crippen molar-refractivity contribution in [3.8, 4) is 0 Å². The summed E-state index contributed by atoms with van der Waals surface area (Å²) in [5, 5.41) is 11.6. The summed E-state index contributed by atoms with van der Waals surface area (Å²) in [5.74, 6) is -1.47. The van der Waals surface area contributed by atoms with Crippen LogP contribution in [0.15, 0.2) is 29.3 Å². The van der Waals surface area contributed by atoms with Gasteiger partial charge in [-0.15, -0.1) is 0 Å². The summed E-state index contributed by atoms with van der Waals surface area (Å²) < 4.78 is 0. The molecule has 0 saturated carbocycles. The average molecular weight is 247 g/mol. The first-order chi connectivity index (χ1) is 8.32. The number of hydrogen-bond acceptors (Lipinski definition) is 2. The highest BCUT2D eigenvalue weighted by molar-refractivity contribution is 6.08. The minimum atomic E-state index is -1.08. The Hall–Kier alpha value is -2.10. The van der Waals surface area contributed by atoms with Crippen molar-refractivity contribution in [2.75, 3.05) is 5.32 Å². The van der Waals surface area contributed by atoms with E-state index in [4.69, 9.17) is 5.11 Å². The summed E-state index contributed by atoms with van der Waals surface area (Å²) in [6.07, 6.45) is 0. The molecule has 4 nitrogen and oxygen atoms in total. The zero-order chi connectivity index (χ0) is 13.9. The van der Waals surface area contributed by atoms with Crippen LogP contribution in [0.1, 0.15) is 25.0 Å². The lowest BCUT2D eigenvalue weighted by Gasteiger charge is -2.10. The van der Waals surface area contributed by atoms with Crippen molar-refractivity contribution in [3.05, 3.63) is 40.5 Å². The van der Waals surface area contributed by atoms with Crippen LogP contribution >= 0.6 is 0 Å². The van der Waals surface area contributed by atoms with Gasteiger partial charge in [0.1, 0.15) is 0 Å². The standard InChI is InChI=1S/C14H17NO3/c1-8-5-6-9(2)12(7-8)15-13(16)10(3)11(4)14(17)18/h5-7H,1-4H3,(H,15,16)(H,17,18)/b11-10-. The highest BCUT2D eigenvalue weighted by Gasteiger charge is 2.13. The fraction of sp³-hybridized carbons (Fsp3) is 0.286. The van der Waals surface area contributed by atoms with Crippen molar-refractivity contribution in [3.63, 3.8) is 0 Å². The predicted octanol–water partition coefficient (Wildman–Crippen LogP) is 2.66. The second-order valence-electron chi connectivity index (χ2n) is 4.33. The molecule has 1 aromatic rings. The highest BCUT2D eigenvalue weighted by atomic mass is 16.4. The average Bonchev–Trinajstić information content (AvgIpc) is 2.31. The van der Waals surface area contributed by atoms with Gasteiger partial charge in [-0.25, -0.2) is 4.79 Å². The third-order valence-electron chi connectivity index (χ3n) is 2.87. The third-order valence-corrected chi connectivity index (χ3v) is 2.87. The minimum Gasteiger partial charge on any atom is -0.478 e. The first-order valence-corrected chi connectivity index (χ1v) is 5.62.